The van der Waals surface area contributed by atoms with Crippen LogP contribution in [-0.4, -0.2) is 21.6 Å². The van der Waals surface area contributed by atoms with Crippen molar-refractivity contribution in [2.24, 2.45) is 0 Å². The van der Waals surface area contributed by atoms with Gasteiger partial charge in [0.05, 0.1) is 15.7 Å². The number of aromatic nitrogens is 3. The summed E-state index contributed by atoms with van der Waals surface area (Å²) in [7, 11) is 0. The Hall–Kier alpha value is -1.66. The molecule has 0 aliphatic rings. The van der Waals surface area contributed by atoms with Gasteiger partial charge in [-0.05, 0) is 18.4 Å². The number of nitrogens with one attached hydrogen (secondary N) is 1. The molecular weight excluding hydrogens is 236 g/mol. The molecule has 88 valence electrons. The van der Waals surface area contributed by atoms with E-state index in [1.54, 1.807) is 0 Å². The molecule has 0 saturated carbocycles. The van der Waals surface area contributed by atoms with E-state index < -0.39 is 0 Å². The van der Waals surface area contributed by atoms with Crippen LogP contribution in [0.25, 0.3) is 21.3 Å². The number of nitrogen functional groups attached to an aromatic ring is 1. The highest BCUT2D eigenvalue weighted by Crippen LogP contribution is 2.29. The van der Waals surface area contributed by atoms with E-state index in [1.165, 1.54) is 16.3 Å². The number of nitrogens with zero attached hydrogens (tertiary/aromatic N) is 2. The smallest absolute Gasteiger partial charge is 0.168 e. The van der Waals surface area contributed by atoms with Gasteiger partial charge in [-0.1, -0.05) is 0 Å². The molecule has 0 bridgehead atoms. The first-order valence-electron chi connectivity index (χ1n) is 5.78. The van der Waals surface area contributed by atoms with Crippen molar-refractivity contribution in [1.29, 1.82) is 0 Å². The number of hydrogen-bond acceptors (Lipinski definition) is 5. The molecule has 0 amide bonds. The van der Waals surface area contributed by atoms with E-state index in [4.69, 9.17) is 11.9 Å². The molecule has 0 aromatic carbocycles. The summed E-state index contributed by atoms with van der Waals surface area (Å²) < 4.78 is 14.3. The first-order chi connectivity index (χ1) is 8.72. The SMILES string of the molecule is [2H]n1c(COCC)nc2c(N)nc3ccsc3c21. The molecule has 3 heterocycles. The monoisotopic (exact) mass is 249 g/mol. The Balaban J connectivity index is 2.31. The van der Waals surface area contributed by atoms with Crippen LogP contribution in [0.1, 0.15) is 12.7 Å². The van der Waals surface area contributed by atoms with Crippen LogP contribution in [-0.2, 0) is 11.3 Å². The highest BCUT2D eigenvalue weighted by Gasteiger charge is 2.12. The van der Waals surface area contributed by atoms with Crippen LogP contribution in [0.3, 0.4) is 0 Å². The second-order valence-corrected chi connectivity index (χ2v) is 4.52. The maximum Gasteiger partial charge on any atom is 0.168 e. The van der Waals surface area contributed by atoms with Gasteiger partial charge in [-0.25, -0.2) is 9.97 Å². The Morgan fingerprint density at radius 1 is 1.59 bits per heavy atom. The molecule has 0 atom stereocenters. The average molecular weight is 249 g/mol. The number of hydrogen-bond donors (Lipinski definition) is 2. The molecule has 0 fully saturated rings. The van der Waals surface area contributed by atoms with Gasteiger partial charge in [-0.15, -0.1) is 11.3 Å². The molecule has 0 aliphatic carbocycles. The van der Waals surface area contributed by atoms with E-state index in [1.807, 2.05) is 18.4 Å². The molecule has 5 nitrogen and oxygen atoms in total. The second kappa shape index (κ2) is 3.97. The molecule has 3 rings (SSSR count). The number of fused-ring (bicyclic) bond motifs is 3. The summed E-state index contributed by atoms with van der Waals surface area (Å²) in [4.78, 5) is 9.93. The first-order valence-corrected chi connectivity index (χ1v) is 6.21. The zero-order chi connectivity index (χ0) is 12.7. The number of thiophene rings is 1. The zero-order valence-electron chi connectivity index (χ0n) is 10.3. The minimum Gasteiger partial charge on any atom is -0.382 e. The van der Waals surface area contributed by atoms with E-state index in [2.05, 4.69) is 9.97 Å². The van der Waals surface area contributed by atoms with Crippen molar-refractivity contribution in [3.8, 4) is 0 Å². The lowest BCUT2D eigenvalue weighted by Gasteiger charge is -1.95. The van der Waals surface area contributed by atoms with Gasteiger partial charge in [0.1, 0.15) is 17.9 Å². The van der Waals surface area contributed by atoms with Gasteiger partial charge >= 0.3 is 0 Å². The molecule has 6 heteroatoms. The third-order valence-corrected chi connectivity index (χ3v) is 3.39. The number of H-pyrrole nitrogens is 1. The van der Waals surface area contributed by atoms with Crippen molar-refractivity contribution in [2.75, 3.05) is 12.3 Å². The van der Waals surface area contributed by atoms with E-state index in [9.17, 15) is 0 Å². The number of pyridine rings is 1. The molecular formula is C11H12N4OS. The molecule has 3 aromatic rings. The van der Waals surface area contributed by atoms with Gasteiger partial charge in [0.15, 0.2) is 7.23 Å². The van der Waals surface area contributed by atoms with E-state index in [0.717, 1.165) is 10.2 Å². The van der Waals surface area contributed by atoms with Crippen LogP contribution >= 0.6 is 11.3 Å². The van der Waals surface area contributed by atoms with Gasteiger partial charge in [0, 0.05) is 6.61 Å². The molecule has 3 N–H and O–H groups in total. The maximum absolute atomic E-state index is 8.11. The van der Waals surface area contributed by atoms with Gasteiger partial charge in [-0.2, -0.15) is 0 Å². The Kier molecular flexibility index (Phi) is 2.19. The Labute approximate surface area is 103 Å². The minimum absolute atomic E-state index is 0.307. The van der Waals surface area contributed by atoms with Crippen LogP contribution < -0.4 is 5.73 Å². The average Bonchev–Trinajstić information content (AvgIpc) is 2.92. The summed E-state index contributed by atoms with van der Waals surface area (Å²) in [6.45, 7) is 2.80. The lowest BCUT2D eigenvalue weighted by atomic mass is 10.3. The number of ether oxygens (including phenoxy) is 1. The normalized spacial score (nSPS) is 12.4. The van der Waals surface area contributed by atoms with Crippen molar-refractivity contribution < 1.29 is 6.15 Å². The summed E-state index contributed by atoms with van der Waals surface area (Å²) in [6.07, 6.45) is 0. The third-order valence-electron chi connectivity index (χ3n) is 2.48. The van der Waals surface area contributed by atoms with E-state index in [-0.39, 0.29) is 0 Å². The van der Waals surface area contributed by atoms with Crippen molar-refractivity contribution in [2.45, 2.75) is 13.5 Å². The van der Waals surface area contributed by atoms with Crippen LogP contribution in [0.4, 0.5) is 5.82 Å². The standard InChI is InChI=1S/C11H12N4OS/c1-2-16-5-7-14-8-9(15-7)11(12)13-6-3-4-17-10(6)8/h3-4H,2,5H2,1H3,(H2,12,13)(H,14,15)/i/hD. The number of imidazole rings is 1. The summed E-state index contributed by atoms with van der Waals surface area (Å²) in [6, 6.07) is 1.89. The van der Waals surface area contributed by atoms with Crippen molar-refractivity contribution in [3.05, 3.63) is 17.3 Å². The topological polar surface area (TPSA) is 76.8 Å². The summed E-state index contributed by atoms with van der Waals surface area (Å²) in [5.74, 6) is 0.904. The molecule has 0 aliphatic heterocycles. The van der Waals surface area contributed by atoms with Crippen molar-refractivity contribution in [1.82, 2.24) is 14.9 Å². The zero-order valence-corrected chi connectivity index (χ0v) is 10.1. The quantitative estimate of drug-likeness (QED) is 0.746. The second-order valence-electron chi connectivity index (χ2n) is 3.61. The number of nitrogens with two attached hydrogens (primary N) is 1. The molecule has 0 unspecified atom stereocenters. The fourth-order valence-electron chi connectivity index (χ4n) is 1.73. The highest BCUT2D eigenvalue weighted by atomic mass is 32.1. The Morgan fingerprint density at radius 2 is 2.47 bits per heavy atom. The summed E-state index contributed by atoms with van der Waals surface area (Å²) >= 11 is 1.54. The van der Waals surface area contributed by atoms with Gasteiger partial charge < -0.3 is 15.4 Å². The highest BCUT2D eigenvalue weighted by molar-refractivity contribution is 7.18. The fraction of sp³-hybridized carbons (Fsp3) is 0.273. The summed E-state index contributed by atoms with van der Waals surface area (Å²) in [5.41, 5.74) is 7.98. The number of aromatic amines is 1. The molecule has 0 saturated heterocycles. The largest absolute Gasteiger partial charge is 0.382 e. The summed E-state index contributed by atoms with van der Waals surface area (Å²) in [5, 5.41) is 1.94. The Bertz CT molecular complexity index is 721. The number of anilines is 1. The fourth-order valence-corrected chi connectivity index (χ4v) is 2.56. The molecule has 3 aromatic heterocycles. The van der Waals surface area contributed by atoms with Crippen LogP contribution in [0.5, 0.6) is 0 Å². The molecule has 0 spiro atoms. The van der Waals surface area contributed by atoms with Crippen molar-refractivity contribution >= 4 is 38.4 Å². The van der Waals surface area contributed by atoms with E-state index in [0.29, 0.717) is 35.9 Å². The van der Waals surface area contributed by atoms with Gasteiger partial charge in [-0.3, -0.25) is 0 Å². The predicted octanol–water partition coefficient (Wildman–Crippen LogP) is 2.29. The van der Waals surface area contributed by atoms with Crippen LogP contribution in [0.15, 0.2) is 11.4 Å². The predicted molar refractivity (Wildman–Crippen MR) is 69.0 cm³/mol. The van der Waals surface area contributed by atoms with Gasteiger partial charge in [0.25, 0.3) is 0 Å². The van der Waals surface area contributed by atoms with Gasteiger partial charge in [0.2, 0.25) is 0 Å². The molecule has 17 heavy (non-hydrogen) atoms. The van der Waals surface area contributed by atoms with Crippen LogP contribution in [0, 0.1) is 0 Å². The molecule has 0 radical (unpaired) electrons. The van der Waals surface area contributed by atoms with E-state index >= 15 is 0 Å². The minimum atomic E-state index is 0.307. The third kappa shape index (κ3) is 1.65. The van der Waals surface area contributed by atoms with Crippen molar-refractivity contribution in [3.63, 3.8) is 0 Å². The lowest BCUT2D eigenvalue weighted by molar-refractivity contribution is 0.129. The first kappa shape index (κ1) is 9.38. The lowest BCUT2D eigenvalue weighted by Crippen LogP contribution is -1.93. The maximum atomic E-state index is 8.11. The Morgan fingerprint density at radius 3 is 3.29 bits per heavy atom. The van der Waals surface area contributed by atoms with Crippen LogP contribution in [0.2, 0.25) is 1.41 Å². The number of rotatable bonds is 3.